The fraction of sp³-hybridized carbons (Fsp3) is 0.647. The zero-order valence-electron chi connectivity index (χ0n) is 12.5. The molecule has 0 aromatic heterocycles. The van der Waals surface area contributed by atoms with E-state index in [4.69, 9.17) is 4.74 Å². The normalized spacial score (nSPS) is 19.3. The average Bonchev–Trinajstić information content (AvgIpc) is 2.40. The molecule has 1 N–H and O–H groups in total. The van der Waals surface area contributed by atoms with Crippen molar-refractivity contribution >= 4 is 0 Å². The standard InChI is InChI=1S/C17H27NO/c1-4-19-16-7-5-14(6-8-16)13-18-15-9-11-17(2,3)12-10-15/h5-8,15,18H,4,9-13H2,1-3H3. The van der Waals surface area contributed by atoms with Crippen LogP contribution < -0.4 is 10.1 Å². The predicted molar refractivity (Wildman–Crippen MR) is 80.5 cm³/mol. The Bertz CT molecular complexity index is 373. The fourth-order valence-corrected chi connectivity index (χ4v) is 2.74. The molecular weight excluding hydrogens is 234 g/mol. The maximum Gasteiger partial charge on any atom is 0.119 e. The highest BCUT2D eigenvalue weighted by Gasteiger charge is 2.26. The van der Waals surface area contributed by atoms with Gasteiger partial charge in [0.05, 0.1) is 6.61 Å². The van der Waals surface area contributed by atoms with Gasteiger partial charge in [-0.05, 0) is 55.7 Å². The Labute approximate surface area is 117 Å². The number of hydrogen-bond donors (Lipinski definition) is 1. The molecule has 1 saturated carbocycles. The van der Waals surface area contributed by atoms with E-state index in [1.807, 2.05) is 6.92 Å². The van der Waals surface area contributed by atoms with Crippen LogP contribution in [0, 0.1) is 5.41 Å². The first-order valence-electron chi connectivity index (χ1n) is 7.54. The summed E-state index contributed by atoms with van der Waals surface area (Å²) >= 11 is 0. The van der Waals surface area contributed by atoms with Gasteiger partial charge in [0.1, 0.15) is 5.75 Å². The second-order valence-corrected chi connectivity index (χ2v) is 6.40. The van der Waals surface area contributed by atoms with Gasteiger partial charge in [0.25, 0.3) is 0 Å². The number of nitrogens with one attached hydrogen (secondary N) is 1. The van der Waals surface area contributed by atoms with E-state index >= 15 is 0 Å². The van der Waals surface area contributed by atoms with Crippen LogP contribution >= 0.6 is 0 Å². The molecule has 2 heteroatoms. The maximum absolute atomic E-state index is 5.46. The van der Waals surface area contributed by atoms with Gasteiger partial charge in [0, 0.05) is 12.6 Å². The first-order valence-corrected chi connectivity index (χ1v) is 7.54. The van der Waals surface area contributed by atoms with Gasteiger partial charge in [-0.3, -0.25) is 0 Å². The van der Waals surface area contributed by atoms with Gasteiger partial charge >= 0.3 is 0 Å². The zero-order chi connectivity index (χ0) is 13.7. The van der Waals surface area contributed by atoms with Crippen LogP contribution in [0.1, 0.15) is 52.0 Å². The molecule has 2 rings (SSSR count). The van der Waals surface area contributed by atoms with Gasteiger partial charge in [-0.2, -0.15) is 0 Å². The molecule has 0 heterocycles. The van der Waals surface area contributed by atoms with Crippen molar-refractivity contribution in [2.24, 2.45) is 5.41 Å². The average molecular weight is 261 g/mol. The van der Waals surface area contributed by atoms with Crippen molar-refractivity contribution in [2.45, 2.75) is 59.0 Å². The highest BCUT2D eigenvalue weighted by Crippen LogP contribution is 2.35. The third-order valence-corrected chi connectivity index (χ3v) is 4.17. The van der Waals surface area contributed by atoms with Gasteiger partial charge in [-0.1, -0.05) is 26.0 Å². The van der Waals surface area contributed by atoms with Crippen LogP contribution in [-0.2, 0) is 6.54 Å². The molecule has 0 spiro atoms. The lowest BCUT2D eigenvalue weighted by Gasteiger charge is -2.34. The first kappa shape index (κ1) is 14.4. The number of ether oxygens (including phenoxy) is 1. The lowest BCUT2D eigenvalue weighted by molar-refractivity contribution is 0.206. The molecule has 106 valence electrons. The molecule has 0 amide bonds. The molecule has 19 heavy (non-hydrogen) atoms. The van der Waals surface area contributed by atoms with Crippen LogP contribution in [-0.4, -0.2) is 12.6 Å². The van der Waals surface area contributed by atoms with Crippen LogP contribution in [0.2, 0.25) is 0 Å². The number of hydrogen-bond acceptors (Lipinski definition) is 2. The van der Waals surface area contributed by atoms with Crippen molar-refractivity contribution in [3.63, 3.8) is 0 Å². The van der Waals surface area contributed by atoms with Crippen LogP contribution in [0.5, 0.6) is 5.75 Å². The van der Waals surface area contributed by atoms with Gasteiger partial charge in [-0.15, -0.1) is 0 Å². The smallest absolute Gasteiger partial charge is 0.119 e. The van der Waals surface area contributed by atoms with Crippen LogP contribution in [0.15, 0.2) is 24.3 Å². The van der Waals surface area contributed by atoms with E-state index in [-0.39, 0.29) is 0 Å². The first-order chi connectivity index (χ1) is 9.09. The summed E-state index contributed by atoms with van der Waals surface area (Å²) in [5.74, 6) is 0.964. The summed E-state index contributed by atoms with van der Waals surface area (Å²) in [7, 11) is 0. The minimum absolute atomic E-state index is 0.553. The van der Waals surface area contributed by atoms with Crippen LogP contribution in [0.4, 0.5) is 0 Å². The molecule has 1 fully saturated rings. The van der Waals surface area contributed by atoms with Crippen molar-refractivity contribution in [2.75, 3.05) is 6.61 Å². The van der Waals surface area contributed by atoms with E-state index in [2.05, 4.69) is 43.4 Å². The summed E-state index contributed by atoms with van der Waals surface area (Å²) in [5.41, 5.74) is 1.89. The molecule has 2 nitrogen and oxygen atoms in total. The minimum atomic E-state index is 0.553. The lowest BCUT2D eigenvalue weighted by atomic mass is 9.75. The predicted octanol–water partition coefficient (Wildman–Crippen LogP) is 4.14. The SMILES string of the molecule is CCOc1ccc(CNC2CCC(C)(C)CC2)cc1. The Morgan fingerprint density at radius 3 is 2.37 bits per heavy atom. The van der Waals surface area contributed by atoms with Crippen molar-refractivity contribution < 1.29 is 4.74 Å². The molecule has 1 aromatic rings. The Morgan fingerprint density at radius 2 is 1.79 bits per heavy atom. The summed E-state index contributed by atoms with van der Waals surface area (Å²) in [4.78, 5) is 0. The fourth-order valence-electron chi connectivity index (χ4n) is 2.74. The van der Waals surface area contributed by atoms with Gasteiger partial charge in [-0.25, -0.2) is 0 Å². The minimum Gasteiger partial charge on any atom is -0.494 e. The van der Waals surface area contributed by atoms with E-state index in [9.17, 15) is 0 Å². The zero-order valence-corrected chi connectivity index (χ0v) is 12.5. The summed E-state index contributed by atoms with van der Waals surface area (Å²) in [6, 6.07) is 9.13. The van der Waals surface area contributed by atoms with Crippen LogP contribution in [0.3, 0.4) is 0 Å². The highest BCUT2D eigenvalue weighted by atomic mass is 16.5. The molecule has 0 unspecified atom stereocenters. The Kier molecular flexibility index (Phi) is 4.87. The molecule has 0 radical (unpaired) electrons. The molecule has 1 aromatic carbocycles. The molecule has 0 bridgehead atoms. The maximum atomic E-state index is 5.46. The summed E-state index contributed by atoms with van der Waals surface area (Å²) in [5, 5.41) is 3.69. The van der Waals surface area contributed by atoms with Gasteiger partial charge in [0.15, 0.2) is 0 Å². The van der Waals surface area contributed by atoms with E-state index in [0.717, 1.165) is 18.9 Å². The number of rotatable bonds is 5. The van der Waals surface area contributed by atoms with Gasteiger partial charge in [0.2, 0.25) is 0 Å². The number of benzene rings is 1. The molecule has 1 aliphatic carbocycles. The van der Waals surface area contributed by atoms with Crippen molar-refractivity contribution in [1.82, 2.24) is 5.32 Å². The monoisotopic (exact) mass is 261 g/mol. The lowest BCUT2D eigenvalue weighted by Crippen LogP contribution is -2.35. The van der Waals surface area contributed by atoms with E-state index < -0.39 is 0 Å². The molecule has 1 aliphatic rings. The Hall–Kier alpha value is -1.02. The summed E-state index contributed by atoms with van der Waals surface area (Å²) in [6.45, 7) is 8.48. The Balaban J connectivity index is 1.76. The quantitative estimate of drug-likeness (QED) is 0.860. The van der Waals surface area contributed by atoms with Gasteiger partial charge < -0.3 is 10.1 Å². The molecular formula is C17H27NO. The van der Waals surface area contributed by atoms with E-state index in [1.165, 1.54) is 31.2 Å². The molecule has 0 atom stereocenters. The highest BCUT2D eigenvalue weighted by molar-refractivity contribution is 5.27. The molecule has 0 aliphatic heterocycles. The largest absolute Gasteiger partial charge is 0.494 e. The summed E-state index contributed by atoms with van der Waals surface area (Å²) in [6.07, 6.45) is 5.30. The molecule has 0 saturated heterocycles. The van der Waals surface area contributed by atoms with E-state index in [0.29, 0.717) is 11.5 Å². The Morgan fingerprint density at radius 1 is 1.16 bits per heavy atom. The van der Waals surface area contributed by atoms with Crippen molar-refractivity contribution in [3.8, 4) is 5.75 Å². The second kappa shape index (κ2) is 6.42. The van der Waals surface area contributed by atoms with Crippen LogP contribution in [0.25, 0.3) is 0 Å². The summed E-state index contributed by atoms with van der Waals surface area (Å²) < 4.78 is 5.46. The van der Waals surface area contributed by atoms with Crippen molar-refractivity contribution in [1.29, 1.82) is 0 Å². The van der Waals surface area contributed by atoms with E-state index in [1.54, 1.807) is 0 Å². The second-order valence-electron chi connectivity index (χ2n) is 6.40. The van der Waals surface area contributed by atoms with Crippen molar-refractivity contribution in [3.05, 3.63) is 29.8 Å². The topological polar surface area (TPSA) is 21.3 Å². The third-order valence-electron chi connectivity index (χ3n) is 4.17. The third kappa shape index (κ3) is 4.54.